The number of nitrogens with one attached hydrogen (secondary N) is 2. The van der Waals surface area contributed by atoms with Gasteiger partial charge in [0, 0.05) is 73.0 Å². The second kappa shape index (κ2) is 11.7. The van der Waals surface area contributed by atoms with E-state index in [2.05, 4.69) is 25.5 Å². The number of carbonyl (C=O) groups is 1. The van der Waals surface area contributed by atoms with Gasteiger partial charge in [-0.25, -0.2) is 4.98 Å². The molecule has 2 N–H and O–H groups in total. The fourth-order valence-corrected chi connectivity index (χ4v) is 5.24. The van der Waals surface area contributed by atoms with Crippen molar-refractivity contribution in [2.45, 2.75) is 19.6 Å². The lowest BCUT2D eigenvalue weighted by Gasteiger charge is -2.33. The first-order valence-corrected chi connectivity index (χ1v) is 13.7. The number of carbonyl (C=O) groups excluding carboxylic acids is 1. The van der Waals surface area contributed by atoms with Crippen molar-refractivity contribution in [1.82, 2.24) is 19.8 Å². The van der Waals surface area contributed by atoms with Crippen molar-refractivity contribution >= 4 is 33.8 Å². The number of hydrogen-bond acceptors (Lipinski definition) is 7. The van der Waals surface area contributed by atoms with Crippen LogP contribution in [0.25, 0.3) is 11.3 Å². The number of alkyl halides is 3. The van der Waals surface area contributed by atoms with Crippen LogP contribution < -0.4 is 10.6 Å². The highest BCUT2D eigenvalue weighted by atomic mass is 32.1. The summed E-state index contributed by atoms with van der Waals surface area (Å²) in [6.07, 6.45) is -1.13. The lowest BCUT2D eigenvalue weighted by Crippen LogP contribution is -2.44. The number of aromatic nitrogens is 2. The fraction of sp³-hybridized carbons (Fsp3) is 0.276. The van der Waals surface area contributed by atoms with Gasteiger partial charge in [-0.1, -0.05) is 12.1 Å². The Morgan fingerprint density at radius 1 is 1.02 bits per heavy atom. The number of benzene rings is 2. The van der Waals surface area contributed by atoms with Gasteiger partial charge >= 0.3 is 6.18 Å². The Morgan fingerprint density at radius 3 is 2.50 bits per heavy atom. The van der Waals surface area contributed by atoms with E-state index in [0.717, 1.165) is 36.0 Å². The molecule has 4 aromatic rings. The number of anilines is 3. The molecule has 1 saturated heterocycles. The van der Waals surface area contributed by atoms with Crippen molar-refractivity contribution < 1.29 is 18.0 Å². The van der Waals surface area contributed by atoms with Gasteiger partial charge < -0.3 is 15.5 Å². The van der Waals surface area contributed by atoms with Gasteiger partial charge in [0.25, 0.3) is 5.91 Å². The molecule has 1 aliphatic heterocycles. The molecule has 1 fully saturated rings. The van der Waals surface area contributed by atoms with Crippen LogP contribution in [-0.4, -0.2) is 58.9 Å². The van der Waals surface area contributed by atoms with Crippen molar-refractivity contribution in [3.63, 3.8) is 0 Å². The summed E-state index contributed by atoms with van der Waals surface area (Å²) in [7, 11) is 2.00. The number of thiazole rings is 1. The molecule has 0 atom stereocenters. The van der Waals surface area contributed by atoms with E-state index in [1.807, 2.05) is 36.4 Å². The van der Waals surface area contributed by atoms with Crippen molar-refractivity contribution in [2.24, 2.45) is 0 Å². The van der Waals surface area contributed by atoms with E-state index in [1.54, 1.807) is 30.6 Å². The van der Waals surface area contributed by atoms with Crippen molar-refractivity contribution in [3.05, 3.63) is 88.6 Å². The SMILES string of the molecule is Cc1ccc(C(=O)Nc2ccc(CN3CCN(C)CC3)c(C(F)(F)F)c2)cc1Nc1nc(-c2ccncc2)cs1. The van der Waals surface area contributed by atoms with Crippen molar-refractivity contribution in [1.29, 1.82) is 0 Å². The van der Waals surface area contributed by atoms with Gasteiger partial charge in [-0.3, -0.25) is 14.7 Å². The first kappa shape index (κ1) is 27.8. The number of likely N-dealkylation sites (N-methyl/N-ethyl adjacent to an activating group) is 1. The van der Waals surface area contributed by atoms with Crippen LogP contribution in [0.2, 0.25) is 0 Å². The maximum atomic E-state index is 14.0. The molecule has 0 spiro atoms. The molecule has 1 amide bonds. The van der Waals surface area contributed by atoms with Gasteiger partial charge in [0.1, 0.15) is 0 Å². The second-order valence-corrected chi connectivity index (χ2v) is 10.7. The van der Waals surface area contributed by atoms with Crippen LogP contribution in [0.4, 0.5) is 29.7 Å². The lowest BCUT2D eigenvalue weighted by molar-refractivity contribution is -0.138. The molecule has 5 rings (SSSR count). The minimum atomic E-state index is -4.54. The van der Waals surface area contributed by atoms with Gasteiger partial charge in [-0.15, -0.1) is 11.3 Å². The quantitative estimate of drug-likeness (QED) is 0.275. The summed E-state index contributed by atoms with van der Waals surface area (Å²) in [5.41, 5.74) is 3.20. The summed E-state index contributed by atoms with van der Waals surface area (Å²) in [4.78, 5) is 25.9. The van der Waals surface area contributed by atoms with E-state index in [-0.39, 0.29) is 17.8 Å². The van der Waals surface area contributed by atoms with Crippen LogP contribution in [0, 0.1) is 6.92 Å². The largest absolute Gasteiger partial charge is 0.416 e. The molecule has 2 aromatic carbocycles. The van der Waals surface area contributed by atoms with Crippen molar-refractivity contribution in [2.75, 3.05) is 43.9 Å². The summed E-state index contributed by atoms with van der Waals surface area (Å²) >= 11 is 1.43. The molecule has 11 heteroatoms. The molecule has 2 aromatic heterocycles. The van der Waals surface area contributed by atoms with Crippen LogP contribution in [0.15, 0.2) is 66.3 Å². The molecule has 0 radical (unpaired) electrons. The van der Waals surface area contributed by atoms with Crippen LogP contribution in [-0.2, 0) is 12.7 Å². The number of piperazine rings is 1. The highest BCUT2D eigenvalue weighted by Gasteiger charge is 2.34. The van der Waals surface area contributed by atoms with E-state index >= 15 is 0 Å². The average molecular weight is 567 g/mol. The molecule has 0 bridgehead atoms. The third kappa shape index (κ3) is 6.67. The monoisotopic (exact) mass is 566 g/mol. The first-order valence-electron chi connectivity index (χ1n) is 12.8. The minimum Gasteiger partial charge on any atom is -0.331 e. The summed E-state index contributed by atoms with van der Waals surface area (Å²) in [5.74, 6) is -0.500. The predicted octanol–water partition coefficient (Wildman–Crippen LogP) is 6.28. The number of amides is 1. The summed E-state index contributed by atoms with van der Waals surface area (Å²) in [6.45, 7) is 5.17. The molecule has 3 heterocycles. The van der Waals surface area contributed by atoms with Crippen LogP contribution in [0.5, 0.6) is 0 Å². The molecular formula is C29H29F3N6OS. The normalized spacial score (nSPS) is 14.7. The number of halogens is 3. The van der Waals surface area contributed by atoms with Crippen LogP contribution in [0.1, 0.15) is 27.0 Å². The molecule has 1 aliphatic rings. The van der Waals surface area contributed by atoms with E-state index in [4.69, 9.17) is 0 Å². The third-order valence-corrected chi connectivity index (χ3v) is 7.64. The molecule has 0 unspecified atom stereocenters. The van der Waals surface area contributed by atoms with Gasteiger partial charge in [-0.05, 0) is 61.5 Å². The maximum absolute atomic E-state index is 14.0. The fourth-order valence-electron chi connectivity index (χ4n) is 4.51. The number of rotatable bonds is 7. The average Bonchev–Trinajstić information content (AvgIpc) is 3.40. The highest BCUT2D eigenvalue weighted by molar-refractivity contribution is 7.14. The van der Waals surface area contributed by atoms with E-state index < -0.39 is 17.6 Å². The topological polar surface area (TPSA) is 73.4 Å². The lowest BCUT2D eigenvalue weighted by atomic mass is 10.0. The van der Waals surface area contributed by atoms with Crippen LogP contribution >= 0.6 is 11.3 Å². The number of pyridine rings is 1. The standard InChI is InChI=1S/C29H29F3N6OS/c1-19-3-4-21(15-25(19)35-28-36-26(18-40-28)20-7-9-33-10-8-20)27(39)34-23-6-5-22(24(16-23)29(30,31)32)17-38-13-11-37(2)12-14-38/h3-10,15-16,18H,11-14,17H2,1-2H3,(H,34,39)(H,35,36). The second-order valence-electron chi connectivity index (χ2n) is 9.83. The Hall–Kier alpha value is -3.80. The highest BCUT2D eigenvalue weighted by Crippen LogP contribution is 2.35. The minimum absolute atomic E-state index is 0.0939. The smallest absolute Gasteiger partial charge is 0.331 e. The van der Waals surface area contributed by atoms with Gasteiger partial charge in [-0.2, -0.15) is 13.2 Å². The summed E-state index contributed by atoms with van der Waals surface area (Å²) in [5, 5.41) is 8.47. The number of aryl methyl sites for hydroxylation is 1. The Balaban J connectivity index is 1.31. The summed E-state index contributed by atoms with van der Waals surface area (Å²) in [6, 6.07) is 12.9. The van der Waals surface area contributed by atoms with Gasteiger partial charge in [0.2, 0.25) is 0 Å². The Bertz CT molecular complexity index is 1480. The molecular weight excluding hydrogens is 537 g/mol. The van der Waals surface area contributed by atoms with E-state index in [1.165, 1.54) is 23.5 Å². The van der Waals surface area contributed by atoms with E-state index in [9.17, 15) is 18.0 Å². The predicted molar refractivity (Wildman–Crippen MR) is 152 cm³/mol. The molecule has 0 saturated carbocycles. The number of hydrogen-bond donors (Lipinski definition) is 2. The Kier molecular flexibility index (Phi) is 8.15. The third-order valence-electron chi connectivity index (χ3n) is 6.88. The van der Waals surface area contributed by atoms with Gasteiger partial charge in [0.15, 0.2) is 5.13 Å². The van der Waals surface area contributed by atoms with Crippen molar-refractivity contribution in [3.8, 4) is 11.3 Å². The maximum Gasteiger partial charge on any atom is 0.416 e. The Labute approximate surface area is 234 Å². The molecule has 7 nitrogen and oxygen atoms in total. The molecule has 0 aliphatic carbocycles. The first-order chi connectivity index (χ1) is 19.2. The molecule has 40 heavy (non-hydrogen) atoms. The van der Waals surface area contributed by atoms with Crippen LogP contribution in [0.3, 0.4) is 0 Å². The zero-order valence-electron chi connectivity index (χ0n) is 22.1. The zero-order chi connectivity index (χ0) is 28.3. The Morgan fingerprint density at radius 2 is 1.77 bits per heavy atom. The zero-order valence-corrected chi connectivity index (χ0v) is 22.9. The van der Waals surface area contributed by atoms with E-state index in [0.29, 0.717) is 29.5 Å². The van der Waals surface area contributed by atoms with Gasteiger partial charge in [0.05, 0.1) is 11.3 Å². The molecule has 208 valence electrons. The summed E-state index contributed by atoms with van der Waals surface area (Å²) < 4.78 is 41.9. The number of nitrogens with zero attached hydrogens (tertiary/aromatic N) is 4.